The summed E-state index contributed by atoms with van der Waals surface area (Å²) in [5.41, 5.74) is 1.24. The monoisotopic (exact) mass is 585 g/mol. The van der Waals surface area contributed by atoms with Crippen LogP contribution in [-0.2, 0) is 25.9 Å². The summed E-state index contributed by atoms with van der Waals surface area (Å²) in [6.07, 6.45) is 2.98. The summed E-state index contributed by atoms with van der Waals surface area (Å²) in [5.74, 6) is -2.91. The van der Waals surface area contributed by atoms with E-state index < -0.39 is 43.8 Å². The molecular formula is C29H29F2N3O6S. The van der Waals surface area contributed by atoms with E-state index in [0.29, 0.717) is 6.07 Å². The Hall–Kier alpha value is -4.00. The van der Waals surface area contributed by atoms with Crippen molar-refractivity contribution in [2.45, 2.75) is 49.3 Å². The molecule has 0 aliphatic carbocycles. The third-order valence-electron chi connectivity index (χ3n) is 6.35. The quantitative estimate of drug-likeness (QED) is 0.287. The van der Waals surface area contributed by atoms with E-state index in [9.17, 15) is 27.1 Å². The summed E-state index contributed by atoms with van der Waals surface area (Å²) in [4.78, 5) is 19.9. The molecule has 0 amide bonds. The first-order chi connectivity index (χ1) is 19.4. The van der Waals surface area contributed by atoms with Crippen molar-refractivity contribution in [2.24, 2.45) is 0 Å². The van der Waals surface area contributed by atoms with Gasteiger partial charge < -0.3 is 14.6 Å². The van der Waals surface area contributed by atoms with Gasteiger partial charge in [-0.25, -0.2) is 17.2 Å². The molecule has 2 aromatic heterocycles. The maximum atomic E-state index is 14.2. The first-order valence-electron chi connectivity index (χ1n) is 12.6. The summed E-state index contributed by atoms with van der Waals surface area (Å²) in [5, 5.41) is 11.4. The highest BCUT2D eigenvalue weighted by molar-refractivity contribution is 7.91. The zero-order valence-electron chi connectivity index (χ0n) is 22.8. The number of benzene rings is 2. The van der Waals surface area contributed by atoms with Crippen LogP contribution in [0.5, 0.6) is 5.88 Å². The number of halogens is 2. The number of hydrogen-bond donors (Lipinski definition) is 1. The minimum atomic E-state index is -4.61. The van der Waals surface area contributed by atoms with Crippen LogP contribution in [0.15, 0.2) is 75.5 Å². The lowest BCUT2D eigenvalue weighted by Gasteiger charge is -2.26. The molecule has 0 saturated heterocycles. The van der Waals surface area contributed by atoms with Crippen molar-refractivity contribution in [3.05, 3.63) is 99.9 Å². The molecule has 0 fully saturated rings. The zero-order chi connectivity index (χ0) is 29.9. The van der Waals surface area contributed by atoms with Gasteiger partial charge in [0, 0.05) is 25.6 Å². The highest BCUT2D eigenvalue weighted by atomic mass is 32.2. The zero-order valence-corrected chi connectivity index (χ0v) is 23.7. The van der Waals surface area contributed by atoms with Gasteiger partial charge >= 0.3 is 0 Å². The number of sulfone groups is 1. The predicted molar refractivity (Wildman–Crippen MR) is 146 cm³/mol. The van der Waals surface area contributed by atoms with E-state index in [-0.39, 0.29) is 35.6 Å². The number of hydrogen-bond acceptors (Lipinski definition) is 8. The molecule has 0 aliphatic heterocycles. The largest absolute Gasteiger partial charge is 0.493 e. The van der Waals surface area contributed by atoms with Crippen LogP contribution in [0.2, 0.25) is 0 Å². The molecule has 0 spiro atoms. The number of methoxy groups -OCH3 is 1. The fourth-order valence-electron chi connectivity index (χ4n) is 4.43. The molecule has 0 bridgehead atoms. The van der Waals surface area contributed by atoms with E-state index in [1.54, 1.807) is 44.4 Å². The molecule has 4 rings (SSSR count). The molecule has 9 nitrogen and oxygen atoms in total. The lowest BCUT2D eigenvalue weighted by molar-refractivity contribution is 0.0554. The fraction of sp³-hybridized carbons (Fsp3) is 0.276. The lowest BCUT2D eigenvalue weighted by atomic mass is 10.0. The van der Waals surface area contributed by atoms with E-state index in [0.717, 1.165) is 33.4 Å². The minimum absolute atomic E-state index is 0.0105. The summed E-state index contributed by atoms with van der Waals surface area (Å²) in [6.45, 7) is 4.76. The van der Waals surface area contributed by atoms with E-state index in [4.69, 9.17) is 9.47 Å². The number of aromatic hydroxyl groups is 1. The van der Waals surface area contributed by atoms with Gasteiger partial charge in [-0.15, -0.1) is 0 Å². The van der Waals surface area contributed by atoms with Gasteiger partial charge in [-0.1, -0.05) is 12.1 Å². The van der Waals surface area contributed by atoms with Crippen molar-refractivity contribution < 1.29 is 31.8 Å². The highest BCUT2D eigenvalue weighted by Gasteiger charge is 2.33. The van der Waals surface area contributed by atoms with Crippen molar-refractivity contribution in [1.82, 2.24) is 14.5 Å². The third-order valence-corrected chi connectivity index (χ3v) is 8.14. The summed E-state index contributed by atoms with van der Waals surface area (Å²) < 4.78 is 67.7. The van der Waals surface area contributed by atoms with Crippen molar-refractivity contribution in [1.29, 1.82) is 0 Å². The van der Waals surface area contributed by atoms with E-state index in [2.05, 4.69) is 9.97 Å². The molecule has 0 radical (unpaired) electrons. The van der Waals surface area contributed by atoms with Crippen molar-refractivity contribution in [2.75, 3.05) is 13.7 Å². The van der Waals surface area contributed by atoms with Crippen molar-refractivity contribution >= 4 is 9.84 Å². The molecule has 41 heavy (non-hydrogen) atoms. The number of aromatic nitrogens is 3. The van der Waals surface area contributed by atoms with Crippen LogP contribution in [0.25, 0.3) is 11.1 Å². The lowest BCUT2D eigenvalue weighted by Crippen LogP contribution is -2.30. The standard InChI is InChI=1S/C29H29F2N3O6S/c1-17(2)40-16-26-33-28(35)27(29(36)34(26)25(15-39-4)20-11-21(30)13-22(31)12-20)41(37,38)23-7-5-19(6-8-23)24-9-10-32-14-18(24)3/h5-14,17,25,36H,15-16H2,1-4H3. The van der Waals surface area contributed by atoms with Crippen LogP contribution in [0, 0.1) is 18.6 Å². The van der Waals surface area contributed by atoms with Gasteiger partial charge in [-0.05, 0) is 73.4 Å². The molecular weight excluding hydrogens is 556 g/mol. The first kappa shape index (κ1) is 30.0. The van der Waals surface area contributed by atoms with Crippen LogP contribution in [0.1, 0.15) is 36.8 Å². The number of nitrogens with zero attached hydrogens (tertiary/aromatic N) is 3. The Balaban J connectivity index is 1.91. The second kappa shape index (κ2) is 12.2. The Morgan fingerprint density at radius 3 is 2.29 bits per heavy atom. The molecule has 4 aromatic rings. The Bertz CT molecular complexity index is 1700. The third kappa shape index (κ3) is 6.34. The molecule has 1 unspecified atom stereocenters. The van der Waals surface area contributed by atoms with E-state index >= 15 is 0 Å². The van der Waals surface area contributed by atoms with Gasteiger partial charge in [0.25, 0.3) is 5.56 Å². The number of ether oxygens (including phenoxy) is 2. The molecule has 1 N–H and O–H groups in total. The van der Waals surface area contributed by atoms with Crippen molar-refractivity contribution in [3.63, 3.8) is 0 Å². The average Bonchev–Trinajstić information content (AvgIpc) is 2.90. The predicted octanol–water partition coefficient (Wildman–Crippen LogP) is 4.59. The molecule has 1 atom stereocenters. The smallest absolute Gasteiger partial charge is 0.296 e. The Kier molecular flexibility index (Phi) is 8.95. The first-order valence-corrected chi connectivity index (χ1v) is 14.1. The van der Waals surface area contributed by atoms with Gasteiger partial charge in [0.1, 0.15) is 24.1 Å². The highest BCUT2D eigenvalue weighted by Crippen LogP contribution is 2.33. The van der Waals surface area contributed by atoms with Crippen LogP contribution < -0.4 is 5.56 Å². The second-order valence-electron chi connectivity index (χ2n) is 9.61. The second-order valence-corrected chi connectivity index (χ2v) is 11.5. The summed E-state index contributed by atoms with van der Waals surface area (Å²) in [7, 11) is -3.29. The average molecular weight is 586 g/mol. The van der Waals surface area contributed by atoms with Crippen LogP contribution >= 0.6 is 0 Å². The van der Waals surface area contributed by atoms with Gasteiger partial charge in [-0.2, -0.15) is 4.98 Å². The summed E-state index contributed by atoms with van der Waals surface area (Å²) >= 11 is 0. The number of pyridine rings is 1. The van der Waals surface area contributed by atoms with Gasteiger partial charge in [0.05, 0.1) is 23.6 Å². The Labute approximate surface area is 236 Å². The molecule has 0 aliphatic rings. The van der Waals surface area contributed by atoms with E-state index in [1.807, 2.05) is 6.92 Å². The number of rotatable bonds is 10. The van der Waals surface area contributed by atoms with Gasteiger partial charge in [0.2, 0.25) is 15.7 Å². The fourth-order valence-corrected chi connectivity index (χ4v) is 5.77. The molecule has 2 heterocycles. The maximum absolute atomic E-state index is 14.2. The van der Waals surface area contributed by atoms with Crippen LogP contribution in [-0.4, -0.2) is 47.9 Å². The minimum Gasteiger partial charge on any atom is -0.493 e. The van der Waals surface area contributed by atoms with Crippen LogP contribution in [0.3, 0.4) is 0 Å². The topological polar surface area (TPSA) is 121 Å². The molecule has 0 saturated carbocycles. The number of aryl methyl sites for hydroxylation is 1. The van der Waals surface area contributed by atoms with E-state index in [1.165, 1.54) is 19.2 Å². The molecule has 12 heteroatoms. The molecule has 216 valence electrons. The van der Waals surface area contributed by atoms with Crippen LogP contribution in [0.4, 0.5) is 8.78 Å². The van der Waals surface area contributed by atoms with Gasteiger partial charge in [0.15, 0.2) is 4.90 Å². The Morgan fingerprint density at radius 2 is 1.71 bits per heavy atom. The Morgan fingerprint density at radius 1 is 1.05 bits per heavy atom. The maximum Gasteiger partial charge on any atom is 0.296 e. The van der Waals surface area contributed by atoms with Crippen molar-refractivity contribution in [3.8, 4) is 17.0 Å². The SMILES string of the molecule is COCC(c1cc(F)cc(F)c1)n1c(COC(C)C)nc(=O)c(S(=O)(=O)c2ccc(-c3ccncc3C)cc2)c1O. The van der Waals surface area contributed by atoms with Gasteiger partial charge in [-0.3, -0.25) is 14.3 Å². The summed E-state index contributed by atoms with van der Waals surface area (Å²) in [6, 6.07) is 9.12. The normalized spacial score (nSPS) is 12.6. The molecule has 2 aromatic carbocycles.